The molecule has 0 unspecified atom stereocenters. The van der Waals surface area contributed by atoms with E-state index >= 15 is 0 Å². The smallest absolute Gasteiger partial charge is 0.411 e. The van der Waals surface area contributed by atoms with Crippen molar-refractivity contribution in [3.05, 3.63) is 30.1 Å². The fourth-order valence-electron chi connectivity index (χ4n) is 3.35. The SMILES string of the molecule is Cc1noc(-c2ccccc2NC(=O)OCC2CCN(CCN(C)S(C)(=O)=O)CC2)n1. The van der Waals surface area contributed by atoms with Gasteiger partial charge in [-0.3, -0.25) is 5.32 Å². The summed E-state index contributed by atoms with van der Waals surface area (Å²) in [5, 5.41) is 6.54. The minimum absolute atomic E-state index is 0.281. The van der Waals surface area contributed by atoms with E-state index in [1.54, 1.807) is 32.2 Å². The summed E-state index contributed by atoms with van der Waals surface area (Å²) >= 11 is 0. The molecular formula is C20H29N5O5S. The van der Waals surface area contributed by atoms with Gasteiger partial charge in [-0.2, -0.15) is 4.98 Å². The van der Waals surface area contributed by atoms with Gasteiger partial charge in [0.05, 0.1) is 24.1 Å². The molecule has 1 aliphatic rings. The number of hydrogen-bond acceptors (Lipinski definition) is 8. The van der Waals surface area contributed by atoms with Crippen LogP contribution in [0.3, 0.4) is 0 Å². The van der Waals surface area contributed by atoms with Crippen LogP contribution < -0.4 is 5.32 Å². The molecular weight excluding hydrogens is 422 g/mol. The second kappa shape index (κ2) is 10.2. The Hall–Kier alpha value is -2.50. The van der Waals surface area contributed by atoms with Crippen molar-refractivity contribution in [3.8, 4) is 11.5 Å². The average Bonchev–Trinajstić information content (AvgIpc) is 3.17. The summed E-state index contributed by atoms with van der Waals surface area (Å²) in [6.07, 6.45) is 2.48. The number of hydrogen-bond donors (Lipinski definition) is 1. The Balaban J connectivity index is 1.43. The lowest BCUT2D eigenvalue weighted by Crippen LogP contribution is -2.40. The molecule has 11 heteroatoms. The monoisotopic (exact) mass is 451 g/mol. The van der Waals surface area contributed by atoms with Crippen molar-refractivity contribution in [1.29, 1.82) is 0 Å². The Morgan fingerprint density at radius 3 is 2.68 bits per heavy atom. The minimum Gasteiger partial charge on any atom is -0.449 e. The van der Waals surface area contributed by atoms with E-state index in [1.165, 1.54) is 10.6 Å². The van der Waals surface area contributed by atoms with Crippen LogP contribution in [-0.2, 0) is 14.8 Å². The first-order valence-corrected chi connectivity index (χ1v) is 12.0. The fourth-order valence-corrected chi connectivity index (χ4v) is 3.76. The molecule has 0 atom stereocenters. The van der Waals surface area contributed by atoms with Crippen LogP contribution in [0.1, 0.15) is 18.7 Å². The van der Waals surface area contributed by atoms with Crippen LogP contribution in [0, 0.1) is 12.8 Å². The second-order valence-electron chi connectivity index (χ2n) is 7.79. The highest BCUT2D eigenvalue weighted by atomic mass is 32.2. The van der Waals surface area contributed by atoms with E-state index in [4.69, 9.17) is 9.26 Å². The van der Waals surface area contributed by atoms with Crippen molar-refractivity contribution in [2.24, 2.45) is 5.92 Å². The Morgan fingerprint density at radius 2 is 2.03 bits per heavy atom. The van der Waals surface area contributed by atoms with Gasteiger partial charge in [-0.15, -0.1) is 0 Å². The first-order valence-electron chi connectivity index (χ1n) is 10.2. The highest BCUT2D eigenvalue weighted by Gasteiger charge is 2.22. The molecule has 170 valence electrons. The number of anilines is 1. The van der Waals surface area contributed by atoms with E-state index in [2.05, 4.69) is 20.4 Å². The van der Waals surface area contributed by atoms with Gasteiger partial charge in [-0.1, -0.05) is 17.3 Å². The highest BCUT2D eigenvalue weighted by molar-refractivity contribution is 7.88. The fraction of sp³-hybridized carbons (Fsp3) is 0.550. The highest BCUT2D eigenvalue weighted by Crippen LogP contribution is 2.26. The van der Waals surface area contributed by atoms with Crippen LogP contribution >= 0.6 is 0 Å². The summed E-state index contributed by atoms with van der Waals surface area (Å²) in [5.41, 5.74) is 1.17. The number of carbonyl (C=O) groups excluding carboxylic acids is 1. The van der Waals surface area contributed by atoms with Crippen LogP contribution in [0.25, 0.3) is 11.5 Å². The van der Waals surface area contributed by atoms with Crippen molar-refractivity contribution in [2.45, 2.75) is 19.8 Å². The van der Waals surface area contributed by atoms with Gasteiger partial charge in [-0.25, -0.2) is 17.5 Å². The van der Waals surface area contributed by atoms with Crippen molar-refractivity contribution in [3.63, 3.8) is 0 Å². The minimum atomic E-state index is -3.15. The molecule has 1 N–H and O–H groups in total. The van der Waals surface area contributed by atoms with Gasteiger partial charge in [0.15, 0.2) is 5.82 Å². The lowest BCUT2D eigenvalue weighted by atomic mass is 9.98. The topological polar surface area (TPSA) is 118 Å². The second-order valence-corrected chi connectivity index (χ2v) is 9.87. The molecule has 1 aromatic heterocycles. The quantitative estimate of drug-likeness (QED) is 0.649. The van der Waals surface area contributed by atoms with Gasteiger partial charge in [-0.05, 0) is 50.9 Å². The van der Waals surface area contributed by atoms with Gasteiger partial charge in [0.1, 0.15) is 0 Å². The number of rotatable bonds is 8. The molecule has 1 saturated heterocycles. The van der Waals surface area contributed by atoms with E-state index in [0.29, 0.717) is 42.7 Å². The summed E-state index contributed by atoms with van der Waals surface area (Å²) < 4.78 is 35.0. The van der Waals surface area contributed by atoms with Gasteiger partial charge in [0.25, 0.3) is 5.89 Å². The number of aryl methyl sites for hydroxylation is 1. The molecule has 3 rings (SSSR count). The molecule has 1 aliphatic heterocycles. The predicted molar refractivity (Wildman–Crippen MR) is 116 cm³/mol. The number of sulfonamides is 1. The summed E-state index contributed by atoms with van der Waals surface area (Å²) in [7, 11) is -1.56. The van der Waals surface area contributed by atoms with Gasteiger partial charge >= 0.3 is 6.09 Å². The van der Waals surface area contributed by atoms with Crippen molar-refractivity contribution < 1.29 is 22.5 Å². The first kappa shape index (κ1) is 23.2. The van der Waals surface area contributed by atoms with Crippen molar-refractivity contribution >= 4 is 21.8 Å². The maximum atomic E-state index is 12.3. The molecule has 0 spiro atoms. The number of likely N-dealkylation sites (tertiary alicyclic amines) is 1. The zero-order valence-corrected chi connectivity index (χ0v) is 18.9. The first-order chi connectivity index (χ1) is 14.7. The molecule has 0 radical (unpaired) electrons. The maximum Gasteiger partial charge on any atom is 0.411 e. The molecule has 2 aromatic rings. The zero-order valence-electron chi connectivity index (χ0n) is 18.1. The Morgan fingerprint density at radius 1 is 1.32 bits per heavy atom. The van der Waals surface area contributed by atoms with Crippen LogP contribution in [-0.4, -0.2) is 79.9 Å². The molecule has 0 saturated carbocycles. The lowest BCUT2D eigenvalue weighted by Gasteiger charge is -2.32. The average molecular weight is 452 g/mol. The Bertz CT molecular complexity index is 985. The van der Waals surface area contributed by atoms with Gasteiger partial charge in [0, 0.05) is 20.1 Å². The molecule has 31 heavy (non-hydrogen) atoms. The number of ether oxygens (including phenoxy) is 1. The van der Waals surface area contributed by atoms with Crippen LogP contribution in [0.4, 0.5) is 10.5 Å². The number of likely N-dealkylation sites (N-methyl/N-ethyl adjacent to an activating group) is 1. The van der Waals surface area contributed by atoms with Crippen LogP contribution in [0.2, 0.25) is 0 Å². The molecule has 0 bridgehead atoms. The third-order valence-corrected chi connectivity index (χ3v) is 6.69. The van der Waals surface area contributed by atoms with E-state index in [-0.39, 0.29) is 5.92 Å². The zero-order chi connectivity index (χ0) is 22.4. The van der Waals surface area contributed by atoms with Crippen molar-refractivity contribution in [1.82, 2.24) is 19.3 Å². The number of nitrogens with one attached hydrogen (secondary N) is 1. The number of amides is 1. The summed E-state index contributed by atoms with van der Waals surface area (Å²) in [5.74, 6) is 1.13. The Labute approximate surface area is 182 Å². The number of carbonyl (C=O) groups is 1. The third-order valence-electron chi connectivity index (χ3n) is 5.38. The lowest BCUT2D eigenvalue weighted by molar-refractivity contribution is 0.104. The predicted octanol–water partition coefficient (Wildman–Crippen LogP) is 2.20. The van der Waals surface area contributed by atoms with Crippen LogP contribution in [0.5, 0.6) is 0 Å². The van der Waals surface area contributed by atoms with E-state index in [0.717, 1.165) is 25.9 Å². The molecule has 1 amide bonds. The molecule has 1 aromatic carbocycles. The number of nitrogens with zero attached hydrogens (tertiary/aromatic N) is 4. The van der Waals surface area contributed by atoms with Gasteiger partial charge in [0.2, 0.25) is 10.0 Å². The summed E-state index contributed by atoms with van der Waals surface area (Å²) in [4.78, 5) is 18.7. The van der Waals surface area contributed by atoms with Gasteiger partial charge < -0.3 is 14.2 Å². The van der Waals surface area contributed by atoms with E-state index in [1.807, 2.05) is 6.07 Å². The number of piperidine rings is 1. The normalized spacial score (nSPS) is 15.9. The maximum absolute atomic E-state index is 12.3. The number of benzene rings is 1. The molecule has 10 nitrogen and oxygen atoms in total. The number of para-hydroxylation sites is 1. The summed E-state index contributed by atoms with van der Waals surface area (Å²) in [6, 6.07) is 7.17. The number of aromatic nitrogens is 2. The Kier molecular flexibility index (Phi) is 7.63. The third kappa shape index (κ3) is 6.74. The molecule has 1 fully saturated rings. The standard InChI is InChI=1S/C20H29N5O5S/c1-15-21-19(30-23-15)17-6-4-5-7-18(17)22-20(26)29-14-16-8-10-25(11-9-16)13-12-24(2)31(3,27)28/h4-7,16H,8-14H2,1-3H3,(H,22,26). The largest absolute Gasteiger partial charge is 0.449 e. The van der Waals surface area contributed by atoms with Crippen molar-refractivity contribution in [2.75, 3.05) is 51.4 Å². The molecule has 0 aliphatic carbocycles. The van der Waals surface area contributed by atoms with E-state index < -0.39 is 16.1 Å². The molecule has 2 heterocycles. The summed E-state index contributed by atoms with van der Waals surface area (Å²) in [6.45, 7) is 4.95. The van der Waals surface area contributed by atoms with Crippen LogP contribution in [0.15, 0.2) is 28.8 Å². The van der Waals surface area contributed by atoms with E-state index in [9.17, 15) is 13.2 Å².